The third-order valence-electron chi connectivity index (χ3n) is 2.97. The minimum atomic E-state index is -0.162. The molecule has 0 atom stereocenters. The quantitative estimate of drug-likeness (QED) is 0.481. The van der Waals surface area contributed by atoms with Crippen molar-refractivity contribution >= 4 is 27.9 Å². The van der Waals surface area contributed by atoms with Crippen molar-refractivity contribution < 1.29 is 9.53 Å². The molecule has 1 heterocycles. The Morgan fingerprint density at radius 1 is 1.60 bits per heavy atom. The average molecular weight is 295 g/mol. The number of ether oxygens (including phenoxy) is 1. The van der Waals surface area contributed by atoms with Crippen molar-refractivity contribution in [3.05, 3.63) is 23.6 Å². The number of amides is 1. The first-order chi connectivity index (χ1) is 9.70. The van der Waals surface area contributed by atoms with Gasteiger partial charge < -0.3 is 21.1 Å². The van der Waals surface area contributed by atoms with Crippen LogP contribution in [0.5, 0.6) is 0 Å². The number of anilines is 2. The summed E-state index contributed by atoms with van der Waals surface area (Å²) in [6.07, 6.45) is 4.24. The van der Waals surface area contributed by atoms with E-state index in [-0.39, 0.29) is 5.91 Å². The van der Waals surface area contributed by atoms with Gasteiger partial charge in [-0.05, 0) is 24.8 Å². The topological polar surface area (TPSA) is 76.4 Å². The molecule has 0 bridgehead atoms. The van der Waals surface area contributed by atoms with Crippen molar-refractivity contribution in [2.45, 2.75) is 12.8 Å². The van der Waals surface area contributed by atoms with Crippen LogP contribution in [0.4, 0.5) is 10.7 Å². The van der Waals surface area contributed by atoms with Crippen LogP contribution in [0.25, 0.3) is 0 Å². The lowest BCUT2D eigenvalue weighted by Gasteiger charge is -2.04. The largest absolute Gasteiger partial charge is 0.397 e. The summed E-state index contributed by atoms with van der Waals surface area (Å²) in [6.45, 7) is 6.26. The van der Waals surface area contributed by atoms with Gasteiger partial charge in [-0.15, -0.1) is 17.9 Å². The maximum absolute atomic E-state index is 11.8. The Morgan fingerprint density at radius 3 is 3.10 bits per heavy atom. The van der Waals surface area contributed by atoms with Crippen LogP contribution in [0.2, 0.25) is 0 Å². The first-order valence-electron chi connectivity index (χ1n) is 6.80. The van der Waals surface area contributed by atoms with Crippen molar-refractivity contribution in [2.75, 3.05) is 37.4 Å². The maximum Gasteiger partial charge on any atom is 0.263 e. The van der Waals surface area contributed by atoms with Crippen LogP contribution in [0, 0.1) is 5.92 Å². The van der Waals surface area contributed by atoms with Gasteiger partial charge >= 0.3 is 0 Å². The van der Waals surface area contributed by atoms with Crippen molar-refractivity contribution in [1.29, 1.82) is 0 Å². The Labute approximate surface area is 123 Å². The van der Waals surface area contributed by atoms with Gasteiger partial charge in [-0.25, -0.2) is 0 Å². The van der Waals surface area contributed by atoms with Gasteiger partial charge in [-0.1, -0.05) is 6.08 Å². The van der Waals surface area contributed by atoms with Crippen molar-refractivity contribution in [3.63, 3.8) is 0 Å². The fourth-order valence-corrected chi connectivity index (χ4v) is 2.62. The number of thiophene rings is 1. The number of rotatable bonds is 9. The third kappa shape index (κ3) is 4.54. The Bertz CT molecular complexity index is 469. The lowest BCUT2D eigenvalue weighted by Crippen LogP contribution is -2.22. The molecule has 1 saturated carbocycles. The van der Waals surface area contributed by atoms with E-state index in [0.717, 1.165) is 24.1 Å². The predicted molar refractivity (Wildman–Crippen MR) is 83.3 cm³/mol. The summed E-state index contributed by atoms with van der Waals surface area (Å²) in [5.74, 6) is 0.623. The van der Waals surface area contributed by atoms with Gasteiger partial charge in [0.2, 0.25) is 0 Å². The lowest BCUT2D eigenvalue weighted by atomic mass is 10.3. The van der Waals surface area contributed by atoms with Crippen molar-refractivity contribution in [1.82, 2.24) is 5.32 Å². The molecule has 0 radical (unpaired) electrons. The molecule has 110 valence electrons. The van der Waals surface area contributed by atoms with E-state index in [0.29, 0.717) is 23.7 Å². The molecular weight excluding hydrogens is 274 g/mol. The molecule has 6 heteroatoms. The van der Waals surface area contributed by atoms with Crippen LogP contribution in [0.15, 0.2) is 18.7 Å². The highest BCUT2D eigenvalue weighted by Gasteiger charge is 2.20. The van der Waals surface area contributed by atoms with E-state index in [2.05, 4.69) is 17.2 Å². The van der Waals surface area contributed by atoms with Gasteiger partial charge in [0.05, 0.1) is 17.3 Å². The Morgan fingerprint density at radius 2 is 2.40 bits per heavy atom. The Balaban J connectivity index is 1.73. The molecule has 1 aliphatic rings. The molecule has 1 aliphatic carbocycles. The molecule has 0 aliphatic heterocycles. The van der Waals surface area contributed by atoms with Crippen LogP contribution in [-0.4, -0.2) is 32.2 Å². The SMILES string of the molecule is C=CCNC(=O)c1sc(NCCOCC2CC2)cc1N. The molecule has 2 rings (SSSR count). The summed E-state index contributed by atoms with van der Waals surface area (Å²) in [5, 5.41) is 6.83. The molecule has 1 aromatic rings. The van der Waals surface area contributed by atoms with E-state index in [1.54, 1.807) is 12.1 Å². The molecule has 1 amide bonds. The number of nitrogens with one attached hydrogen (secondary N) is 2. The first kappa shape index (κ1) is 14.9. The first-order valence-corrected chi connectivity index (χ1v) is 7.62. The molecule has 5 nitrogen and oxygen atoms in total. The summed E-state index contributed by atoms with van der Waals surface area (Å²) in [5.41, 5.74) is 6.34. The third-order valence-corrected chi connectivity index (χ3v) is 4.08. The minimum Gasteiger partial charge on any atom is -0.397 e. The zero-order chi connectivity index (χ0) is 14.4. The maximum atomic E-state index is 11.8. The monoisotopic (exact) mass is 295 g/mol. The molecule has 1 fully saturated rings. The number of carbonyl (C=O) groups excluding carboxylic acids is 1. The second kappa shape index (κ2) is 7.31. The summed E-state index contributed by atoms with van der Waals surface area (Å²) in [4.78, 5) is 12.4. The highest BCUT2D eigenvalue weighted by molar-refractivity contribution is 7.18. The van der Waals surface area contributed by atoms with E-state index in [9.17, 15) is 4.79 Å². The van der Waals surface area contributed by atoms with E-state index in [1.165, 1.54) is 24.2 Å². The molecule has 0 aromatic carbocycles. The predicted octanol–water partition coefficient (Wildman–Crippen LogP) is 2.08. The standard InChI is InChI=1S/C14H21N3O2S/c1-2-5-17-14(18)13-11(15)8-12(20-13)16-6-7-19-9-10-3-4-10/h2,8,10,16H,1,3-7,9,15H2,(H,17,18). The van der Waals surface area contributed by atoms with E-state index in [1.807, 2.05) is 0 Å². The fraction of sp³-hybridized carbons (Fsp3) is 0.500. The summed E-state index contributed by atoms with van der Waals surface area (Å²) in [7, 11) is 0. The number of hydrogen-bond donors (Lipinski definition) is 3. The second-order valence-corrected chi connectivity index (χ2v) is 5.89. The number of nitrogens with two attached hydrogens (primary N) is 1. The Kier molecular flexibility index (Phi) is 5.43. The molecule has 0 saturated heterocycles. The summed E-state index contributed by atoms with van der Waals surface area (Å²) >= 11 is 1.36. The van der Waals surface area contributed by atoms with Crippen LogP contribution in [0.1, 0.15) is 22.5 Å². The van der Waals surface area contributed by atoms with Gasteiger partial charge in [0.1, 0.15) is 4.88 Å². The van der Waals surface area contributed by atoms with Gasteiger partial charge in [0.25, 0.3) is 5.91 Å². The Hall–Kier alpha value is -1.53. The minimum absolute atomic E-state index is 0.162. The van der Waals surface area contributed by atoms with Crippen LogP contribution in [-0.2, 0) is 4.74 Å². The van der Waals surface area contributed by atoms with Crippen LogP contribution >= 0.6 is 11.3 Å². The highest BCUT2D eigenvalue weighted by atomic mass is 32.1. The second-order valence-electron chi connectivity index (χ2n) is 4.84. The smallest absolute Gasteiger partial charge is 0.263 e. The van der Waals surface area contributed by atoms with Gasteiger partial charge in [-0.3, -0.25) is 4.79 Å². The zero-order valence-electron chi connectivity index (χ0n) is 11.5. The van der Waals surface area contributed by atoms with Crippen LogP contribution < -0.4 is 16.4 Å². The molecule has 4 N–H and O–H groups in total. The zero-order valence-corrected chi connectivity index (χ0v) is 12.3. The van der Waals surface area contributed by atoms with E-state index < -0.39 is 0 Å². The normalized spacial score (nSPS) is 14.0. The number of nitrogen functional groups attached to an aromatic ring is 1. The fourth-order valence-electron chi connectivity index (χ4n) is 1.70. The molecule has 0 unspecified atom stereocenters. The molecular formula is C14H21N3O2S. The van der Waals surface area contributed by atoms with Crippen LogP contribution in [0.3, 0.4) is 0 Å². The number of hydrogen-bond acceptors (Lipinski definition) is 5. The number of carbonyl (C=O) groups is 1. The van der Waals surface area contributed by atoms with Crippen molar-refractivity contribution in [3.8, 4) is 0 Å². The van der Waals surface area contributed by atoms with E-state index >= 15 is 0 Å². The average Bonchev–Trinajstić information content (AvgIpc) is 3.18. The molecule has 0 spiro atoms. The summed E-state index contributed by atoms with van der Waals surface area (Å²) in [6, 6.07) is 1.79. The van der Waals surface area contributed by atoms with Crippen molar-refractivity contribution in [2.24, 2.45) is 5.92 Å². The van der Waals surface area contributed by atoms with E-state index in [4.69, 9.17) is 10.5 Å². The highest BCUT2D eigenvalue weighted by Crippen LogP contribution is 2.29. The summed E-state index contributed by atoms with van der Waals surface area (Å²) < 4.78 is 5.54. The van der Waals surface area contributed by atoms with Gasteiger partial charge in [0, 0.05) is 19.7 Å². The molecule has 1 aromatic heterocycles. The van der Waals surface area contributed by atoms with Gasteiger partial charge in [-0.2, -0.15) is 0 Å². The van der Waals surface area contributed by atoms with Gasteiger partial charge in [0.15, 0.2) is 0 Å². The lowest BCUT2D eigenvalue weighted by molar-refractivity contribution is 0.0963. The molecule has 20 heavy (non-hydrogen) atoms.